The molecule has 1 fully saturated rings. The molecule has 130 valence electrons. The van der Waals surface area contributed by atoms with E-state index in [1.165, 1.54) is 25.3 Å². The van der Waals surface area contributed by atoms with Crippen LogP contribution in [0.5, 0.6) is 5.75 Å². The predicted octanol–water partition coefficient (Wildman–Crippen LogP) is 2.61. The quantitative estimate of drug-likeness (QED) is 0.667. The molecule has 0 aliphatic carbocycles. The van der Waals surface area contributed by atoms with Crippen LogP contribution in [0.15, 0.2) is 48.5 Å². The van der Waals surface area contributed by atoms with E-state index in [0.29, 0.717) is 12.3 Å². The lowest BCUT2D eigenvalue weighted by Crippen LogP contribution is -2.37. The van der Waals surface area contributed by atoms with Gasteiger partial charge in [0.25, 0.3) is 11.6 Å². The molecule has 7 nitrogen and oxygen atoms in total. The molecule has 1 aliphatic heterocycles. The first-order chi connectivity index (χ1) is 12.1. The first kappa shape index (κ1) is 16.8. The highest BCUT2D eigenvalue weighted by atomic mass is 16.6. The molecule has 1 amide bonds. The van der Waals surface area contributed by atoms with Crippen LogP contribution in [-0.2, 0) is 0 Å². The van der Waals surface area contributed by atoms with Gasteiger partial charge in [-0.15, -0.1) is 0 Å². The Labute approximate surface area is 145 Å². The maximum Gasteiger partial charge on any atom is 0.282 e. The SMILES string of the molecule is COc1ccc([N+](=O)[O-])c(C(=O)N[C@H]2CCN(c3ccccc3)C2)c1. The number of ether oxygens (including phenoxy) is 1. The Hall–Kier alpha value is -3.09. The van der Waals surface area contributed by atoms with Crippen molar-refractivity contribution in [2.75, 3.05) is 25.1 Å². The number of carbonyl (C=O) groups is 1. The van der Waals surface area contributed by atoms with Gasteiger partial charge in [0.15, 0.2) is 0 Å². The van der Waals surface area contributed by atoms with E-state index >= 15 is 0 Å². The third kappa shape index (κ3) is 3.71. The molecule has 1 N–H and O–H groups in total. The van der Waals surface area contributed by atoms with Crippen LogP contribution in [0.3, 0.4) is 0 Å². The van der Waals surface area contributed by atoms with Crippen LogP contribution in [0, 0.1) is 10.1 Å². The summed E-state index contributed by atoms with van der Waals surface area (Å²) in [4.78, 5) is 25.4. The number of anilines is 1. The summed E-state index contributed by atoms with van der Waals surface area (Å²) in [5.41, 5.74) is 0.894. The predicted molar refractivity (Wildman–Crippen MR) is 94.2 cm³/mol. The first-order valence-corrected chi connectivity index (χ1v) is 8.02. The van der Waals surface area contributed by atoms with Crippen molar-refractivity contribution in [3.05, 3.63) is 64.2 Å². The molecular formula is C18H19N3O4. The Kier molecular flexibility index (Phi) is 4.83. The summed E-state index contributed by atoms with van der Waals surface area (Å²) in [5, 5.41) is 14.1. The average molecular weight is 341 g/mol. The number of para-hydroxylation sites is 1. The zero-order valence-electron chi connectivity index (χ0n) is 13.8. The first-order valence-electron chi connectivity index (χ1n) is 8.02. The summed E-state index contributed by atoms with van der Waals surface area (Å²) in [6.45, 7) is 1.50. The molecule has 0 unspecified atom stereocenters. The van der Waals surface area contributed by atoms with Crippen LogP contribution in [0.25, 0.3) is 0 Å². The Morgan fingerprint density at radius 1 is 1.28 bits per heavy atom. The number of nitro groups is 1. The van der Waals surface area contributed by atoms with Crippen molar-refractivity contribution in [3.8, 4) is 5.75 Å². The van der Waals surface area contributed by atoms with Crippen LogP contribution >= 0.6 is 0 Å². The maximum atomic E-state index is 12.5. The van der Waals surface area contributed by atoms with Gasteiger partial charge < -0.3 is 15.0 Å². The standard InChI is InChI=1S/C18H19N3O4/c1-25-15-7-8-17(21(23)24)16(11-15)18(22)19-13-9-10-20(12-13)14-5-3-2-4-6-14/h2-8,11,13H,9-10,12H2,1H3,(H,19,22)/t13-/m0/s1. The lowest BCUT2D eigenvalue weighted by molar-refractivity contribution is -0.385. The smallest absolute Gasteiger partial charge is 0.282 e. The monoisotopic (exact) mass is 341 g/mol. The number of methoxy groups -OCH3 is 1. The third-order valence-electron chi connectivity index (χ3n) is 4.29. The molecule has 7 heteroatoms. The van der Waals surface area contributed by atoms with E-state index in [1.54, 1.807) is 0 Å². The number of carbonyl (C=O) groups excluding carboxylic acids is 1. The fourth-order valence-corrected chi connectivity index (χ4v) is 3.00. The van der Waals surface area contributed by atoms with Crippen molar-refractivity contribution < 1.29 is 14.5 Å². The van der Waals surface area contributed by atoms with Gasteiger partial charge in [0.1, 0.15) is 11.3 Å². The van der Waals surface area contributed by atoms with Crippen molar-refractivity contribution in [1.29, 1.82) is 0 Å². The highest BCUT2D eigenvalue weighted by molar-refractivity contribution is 5.98. The second-order valence-electron chi connectivity index (χ2n) is 5.88. The van der Waals surface area contributed by atoms with E-state index in [-0.39, 0.29) is 17.3 Å². The Morgan fingerprint density at radius 2 is 2.04 bits per heavy atom. The fourth-order valence-electron chi connectivity index (χ4n) is 3.00. The minimum absolute atomic E-state index is 0.0162. The van der Waals surface area contributed by atoms with Crippen molar-refractivity contribution in [2.45, 2.75) is 12.5 Å². The van der Waals surface area contributed by atoms with Crippen LogP contribution in [0.4, 0.5) is 11.4 Å². The largest absolute Gasteiger partial charge is 0.497 e. The van der Waals surface area contributed by atoms with Gasteiger partial charge in [-0.3, -0.25) is 14.9 Å². The highest BCUT2D eigenvalue weighted by Crippen LogP contribution is 2.25. The fraction of sp³-hybridized carbons (Fsp3) is 0.278. The number of hydrogen-bond donors (Lipinski definition) is 1. The van der Waals surface area contributed by atoms with Crippen molar-refractivity contribution >= 4 is 17.3 Å². The summed E-state index contributed by atoms with van der Waals surface area (Å²) in [7, 11) is 1.46. The molecule has 0 aromatic heterocycles. The second kappa shape index (κ2) is 7.21. The normalized spacial score (nSPS) is 16.5. The zero-order chi connectivity index (χ0) is 17.8. The van der Waals surface area contributed by atoms with Gasteiger partial charge >= 0.3 is 0 Å². The number of benzene rings is 2. The zero-order valence-corrected chi connectivity index (χ0v) is 13.8. The van der Waals surface area contributed by atoms with Crippen LogP contribution in [0.1, 0.15) is 16.8 Å². The molecule has 25 heavy (non-hydrogen) atoms. The lowest BCUT2D eigenvalue weighted by atomic mass is 10.1. The highest BCUT2D eigenvalue weighted by Gasteiger charge is 2.27. The van der Waals surface area contributed by atoms with Crippen molar-refractivity contribution in [3.63, 3.8) is 0 Å². The molecular weight excluding hydrogens is 322 g/mol. The molecule has 1 saturated heterocycles. The molecule has 1 aliphatic rings. The minimum atomic E-state index is -0.556. The number of nitro benzene ring substituents is 1. The molecule has 1 atom stereocenters. The van der Waals surface area contributed by atoms with Crippen LogP contribution < -0.4 is 15.0 Å². The Balaban J connectivity index is 1.72. The van der Waals surface area contributed by atoms with E-state index in [9.17, 15) is 14.9 Å². The van der Waals surface area contributed by atoms with E-state index < -0.39 is 10.8 Å². The van der Waals surface area contributed by atoms with E-state index in [4.69, 9.17) is 4.74 Å². The molecule has 0 spiro atoms. The molecule has 0 saturated carbocycles. The van der Waals surface area contributed by atoms with E-state index in [0.717, 1.165) is 18.7 Å². The van der Waals surface area contributed by atoms with E-state index in [1.807, 2.05) is 30.3 Å². The lowest BCUT2D eigenvalue weighted by Gasteiger charge is -2.19. The summed E-state index contributed by atoms with van der Waals surface area (Å²) < 4.78 is 5.07. The van der Waals surface area contributed by atoms with Gasteiger partial charge in [0.2, 0.25) is 0 Å². The number of amides is 1. The molecule has 0 bridgehead atoms. The molecule has 2 aromatic carbocycles. The van der Waals surface area contributed by atoms with Gasteiger partial charge in [-0.1, -0.05) is 18.2 Å². The Bertz CT molecular complexity index is 779. The van der Waals surface area contributed by atoms with Gasteiger partial charge in [0.05, 0.1) is 12.0 Å². The van der Waals surface area contributed by atoms with Gasteiger partial charge in [-0.2, -0.15) is 0 Å². The number of nitrogens with one attached hydrogen (secondary N) is 1. The summed E-state index contributed by atoms with van der Waals surface area (Å²) in [5.74, 6) is -0.0430. The van der Waals surface area contributed by atoms with Crippen LogP contribution in [0.2, 0.25) is 0 Å². The summed E-state index contributed by atoms with van der Waals surface area (Å²) in [6.07, 6.45) is 0.790. The van der Waals surface area contributed by atoms with Gasteiger partial charge in [-0.25, -0.2) is 0 Å². The van der Waals surface area contributed by atoms with Crippen LogP contribution in [-0.4, -0.2) is 37.1 Å². The number of hydrogen-bond acceptors (Lipinski definition) is 5. The van der Waals surface area contributed by atoms with Crippen molar-refractivity contribution in [1.82, 2.24) is 5.32 Å². The molecule has 0 radical (unpaired) electrons. The third-order valence-corrected chi connectivity index (χ3v) is 4.29. The topological polar surface area (TPSA) is 84.7 Å². The van der Waals surface area contributed by atoms with Gasteiger partial charge in [0, 0.05) is 30.9 Å². The average Bonchev–Trinajstić information content (AvgIpc) is 3.10. The summed E-state index contributed by atoms with van der Waals surface area (Å²) in [6, 6.07) is 14.1. The minimum Gasteiger partial charge on any atom is -0.497 e. The maximum absolute atomic E-state index is 12.5. The Morgan fingerprint density at radius 3 is 2.72 bits per heavy atom. The van der Waals surface area contributed by atoms with Crippen molar-refractivity contribution in [2.24, 2.45) is 0 Å². The van der Waals surface area contributed by atoms with Gasteiger partial charge in [-0.05, 0) is 30.7 Å². The van der Waals surface area contributed by atoms with E-state index in [2.05, 4.69) is 10.2 Å². The molecule has 2 aromatic rings. The summed E-state index contributed by atoms with van der Waals surface area (Å²) >= 11 is 0. The molecule has 3 rings (SSSR count). The molecule has 1 heterocycles. The number of nitrogens with zero attached hydrogens (tertiary/aromatic N) is 2. The number of rotatable bonds is 5. The second-order valence-corrected chi connectivity index (χ2v) is 5.88.